The van der Waals surface area contributed by atoms with Crippen LogP contribution in [0.25, 0.3) is 22.3 Å². The van der Waals surface area contributed by atoms with Gasteiger partial charge >= 0.3 is 0 Å². The van der Waals surface area contributed by atoms with Crippen LogP contribution < -0.4 is 15.4 Å². The molecule has 1 amide bonds. The van der Waals surface area contributed by atoms with Crippen molar-refractivity contribution in [1.82, 2.24) is 10.2 Å². The van der Waals surface area contributed by atoms with Crippen molar-refractivity contribution in [3.63, 3.8) is 0 Å². The van der Waals surface area contributed by atoms with Crippen LogP contribution in [-0.2, 0) is 4.74 Å². The predicted molar refractivity (Wildman–Crippen MR) is 127 cm³/mol. The fourth-order valence-electron chi connectivity index (χ4n) is 3.94. The summed E-state index contributed by atoms with van der Waals surface area (Å²) >= 11 is 0. The minimum absolute atomic E-state index is 0.0471. The van der Waals surface area contributed by atoms with E-state index in [1.165, 1.54) is 12.1 Å². The van der Waals surface area contributed by atoms with E-state index in [-0.39, 0.29) is 17.8 Å². The van der Waals surface area contributed by atoms with Crippen molar-refractivity contribution in [2.45, 2.75) is 20.0 Å². The highest BCUT2D eigenvalue weighted by atomic mass is 19.1. The molecule has 176 valence electrons. The number of anilines is 1. The molecule has 0 bridgehead atoms. The minimum atomic E-state index is -0.351. The number of halogens is 1. The molecular weight excluding hydrogens is 425 g/mol. The number of ether oxygens (including phenoxy) is 2. The van der Waals surface area contributed by atoms with Crippen LogP contribution in [0.5, 0.6) is 5.75 Å². The minimum Gasteiger partial charge on any atom is -0.489 e. The van der Waals surface area contributed by atoms with E-state index < -0.39 is 0 Å². The van der Waals surface area contributed by atoms with Crippen molar-refractivity contribution in [2.24, 2.45) is 0 Å². The molecular formula is C25H30FN3O4. The number of carbonyl (C=O) groups excluding carboxylic acids is 1. The lowest BCUT2D eigenvalue weighted by Gasteiger charge is -2.26. The molecule has 33 heavy (non-hydrogen) atoms. The highest BCUT2D eigenvalue weighted by Crippen LogP contribution is 2.39. The van der Waals surface area contributed by atoms with Gasteiger partial charge < -0.3 is 24.5 Å². The van der Waals surface area contributed by atoms with Gasteiger partial charge in [0.05, 0.1) is 30.6 Å². The first-order valence-corrected chi connectivity index (χ1v) is 11.3. The molecule has 1 saturated heterocycles. The molecule has 1 fully saturated rings. The summed E-state index contributed by atoms with van der Waals surface area (Å²) in [6.45, 7) is 8.89. The molecule has 0 aliphatic carbocycles. The summed E-state index contributed by atoms with van der Waals surface area (Å²) in [6, 6.07) is 9.61. The Morgan fingerprint density at radius 2 is 1.91 bits per heavy atom. The Morgan fingerprint density at radius 1 is 1.18 bits per heavy atom. The molecule has 4 rings (SSSR count). The molecule has 2 aromatic carbocycles. The first kappa shape index (κ1) is 23.1. The molecule has 8 heteroatoms. The molecule has 1 aromatic heterocycles. The number of carbonyl (C=O) groups is 1. The summed E-state index contributed by atoms with van der Waals surface area (Å²) in [5, 5.41) is 6.78. The van der Waals surface area contributed by atoms with Crippen LogP contribution in [0.1, 0.15) is 24.2 Å². The second kappa shape index (κ2) is 10.2. The molecule has 0 saturated carbocycles. The van der Waals surface area contributed by atoms with Crippen LogP contribution in [0, 0.1) is 5.82 Å². The van der Waals surface area contributed by atoms with Crippen molar-refractivity contribution >= 4 is 22.6 Å². The zero-order chi connectivity index (χ0) is 23.4. The van der Waals surface area contributed by atoms with E-state index in [0.717, 1.165) is 45.1 Å². The highest BCUT2D eigenvalue weighted by Gasteiger charge is 2.24. The molecule has 0 spiro atoms. The van der Waals surface area contributed by atoms with Gasteiger partial charge in [0.25, 0.3) is 5.91 Å². The maximum Gasteiger partial charge on any atom is 0.255 e. The SMILES string of the molecule is CNC(=O)c1c(-c2ccc(F)cc2)oc2cc(NCCN3CCOCC3)c(OC(C)C)cc12. The maximum atomic E-state index is 13.5. The van der Waals surface area contributed by atoms with Crippen LogP contribution >= 0.6 is 0 Å². The van der Waals surface area contributed by atoms with Crippen molar-refractivity contribution in [3.05, 3.63) is 47.8 Å². The third-order valence-electron chi connectivity index (χ3n) is 5.56. The summed E-state index contributed by atoms with van der Waals surface area (Å²) in [6.07, 6.45) is -0.0471. The first-order valence-electron chi connectivity index (χ1n) is 11.3. The van der Waals surface area contributed by atoms with Gasteiger partial charge in [-0.05, 0) is 44.2 Å². The van der Waals surface area contributed by atoms with Crippen molar-refractivity contribution in [1.29, 1.82) is 0 Å². The molecule has 1 aliphatic heterocycles. The summed E-state index contributed by atoms with van der Waals surface area (Å²) in [4.78, 5) is 15.1. The van der Waals surface area contributed by atoms with Crippen LogP contribution in [0.15, 0.2) is 40.8 Å². The Kier molecular flexibility index (Phi) is 7.15. The molecule has 2 N–H and O–H groups in total. The number of hydrogen-bond acceptors (Lipinski definition) is 6. The largest absolute Gasteiger partial charge is 0.489 e. The Hall–Kier alpha value is -3.10. The number of benzene rings is 2. The zero-order valence-corrected chi connectivity index (χ0v) is 19.2. The molecule has 7 nitrogen and oxygen atoms in total. The average molecular weight is 456 g/mol. The van der Waals surface area contributed by atoms with Gasteiger partial charge in [0.1, 0.15) is 22.9 Å². The Morgan fingerprint density at radius 3 is 2.58 bits per heavy atom. The van der Waals surface area contributed by atoms with Gasteiger partial charge in [0.15, 0.2) is 0 Å². The van der Waals surface area contributed by atoms with Gasteiger partial charge in [-0.3, -0.25) is 9.69 Å². The van der Waals surface area contributed by atoms with Gasteiger partial charge in [-0.25, -0.2) is 4.39 Å². The van der Waals surface area contributed by atoms with Gasteiger partial charge in [-0.1, -0.05) is 0 Å². The van der Waals surface area contributed by atoms with Crippen molar-refractivity contribution in [3.8, 4) is 17.1 Å². The molecule has 2 heterocycles. The number of fused-ring (bicyclic) bond motifs is 1. The third kappa shape index (κ3) is 5.29. The molecule has 3 aromatic rings. The van der Waals surface area contributed by atoms with Gasteiger partial charge in [-0.2, -0.15) is 0 Å². The van der Waals surface area contributed by atoms with E-state index in [9.17, 15) is 9.18 Å². The topological polar surface area (TPSA) is 76.0 Å². The summed E-state index contributed by atoms with van der Waals surface area (Å²) in [5.74, 6) is 0.411. The van der Waals surface area contributed by atoms with Crippen molar-refractivity contribution < 1.29 is 23.1 Å². The fraction of sp³-hybridized carbons (Fsp3) is 0.400. The number of nitrogens with zero attached hydrogens (tertiary/aromatic N) is 1. The Balaban J connectivity index is 1.71. The summed E-state index contributed by atoms with van der Waals surface area (Å²) in [5.41, 5.74) is 2.37. The molecule has 0 radical (unpaired) electrons. The van der Waals surface area contributed by atoms with E-state index >= 15 is 0 Å². The van der Waals surface area contributed by atoms with Crippen LogP contribution in [-0.4, -0.2) is 63.4 Å². The smallest absolute Gasteiger partial charge is 0.255 e. The number of amides is 1. The lowest BCUT2D eigenvalue weighted by molar-refractivity contribution is 0.0398. The van der Waals surface area contributed by atoms with E-state index in [1.807, 2.05) is 26.0 Å². The van der Waals surface area contributed by atoms with E-state index in [2.05, 4.69) is 15.5 Å². The number of hydrogen-bond donors (Lipinski definition) is 2. The molecule has 0 unspecified atom stereocenters. The van der Waals surface area contributed by atoms with E-state index in [4.69, 9.17) is 13.9 Å². The van der Waals surface area contributed by atoms with E-state index in [1.54, 1.807) is 19.2 Å². The lowest BCUT2D eigenvalue weighted by Crippen LogP contribution is -2.39. The van der Waals surface area contributed by atoms with Crippen LogP contribution in [0.2, 0.25) is 0 Å². The first-order chi connectivity index (χ1) is 16.0. The lowest BCUT2D eigenvalue weighted by atomic mass is 10.0. The van der Waals surface area contributed by atoms with Gasteiger partial charge in [-0.15, -0.1) is 0 Å². The maximum absolute atomic E-state index is 13.5. The molecule has 1 aliphatic rings. The summed E-state index contributed by atoms with van der Waals surface area (Å²) in [7, 11) is 1.57. The highest BCUT2D eigenvalue weighted by molar-refractivity contribution is 6.12. The summed E-state index contributed by atoms with van der Waals surface area (Å²) < 4.78 is 31.1. The van der Waals surface area contributed by atoms with Crippen LogP contribution in [0.3, 0.4) is 0 Å². The fourth-order valence-corrected chi connectivity index (χ4v) is 3.94. The monoisotopic (exact) mass is 455 g/mol. The van der Waals surface area contributed by atoms with Gasteiger partial charge in [0.2, 0.25) is 0 Å². The van der Waals surface area contributed by atoms with Crippen molar-refractivity contribution in [2.75, 3.05) is 51.8 Å². The number of nitrogens with one attached hydrogen (secondary N) is 2. The standard InChI is InChI=1S/C25H30FN3O4/c1-16(2)32-22-14-19-21(15-20(22)28-8-9-29-10-12-31-13-11-29)33-24(23(19)25(30)27-3)17-4-6-18(26)7-5-17/h4-7,14-16,28H,8-13H2,1-3H3,(H,27,30). The number of morpholine rings is 1. The van der Waals surface area contributed by atoms with Gasteiger partial charge in [0, 0.05) is 50.2 Å². The quantitative estimate of drug-likeness (QED) is 0.532. The van der Waals surface area contributed by atoms with Crippen LogP contribution in [0.4, 0.5) is 10.1 Å². The predicted octanol–water partition coefficient (Wildman–Crippen LogP) is 4.13. The molecule has 0 atom stereocenters. The Bertz CT molecular complexity index is 1110. The zero-order valence-electron chi connectivity index (χ0n) is 19.2. The average Bonchev–Trinajstić information content (AvgIpc) is 3.17. The van der Waals surface area contributed by atoms with E-state index in [0.29, 0.717) is 33.6 Å². The normalized spacial score (nSPS) is 14.6. The number of furan rings is 1. The second-order valence-electron chi connectivity index (χ2n) is 8.28. The third-order valence-corrected chi connectivity index (χ3v) is 5.56. The Labute approximate surface area is 192 Å². The number of rotatable bonds is 8. The second-order valence-corrected chi connectivity index (χ2v) is 8.28.